The first-order valence-electron chi connectivity index (χ1n) is 5.71. The van der Waals surface area contributed by atoms with E-state index in [1.165, 1.54) is 6.42 Å². The van der Waals surface area contributed by atoms with E-state index in [2.05, 4.69) is 15.5 Å². The van der Waals surface area contributed by atoms with Gasteiger partial charge in [0, 0.05) is 6.42 Å². The molecule has 2 aliphatic rings. The molecule has 0 saturated carbocycles. The summed E-state index contributed by atoms with van der Waals surface area (Å²) in [7, 11) is 0. The molecule has 3 rings (SSSR count). The van der Waals surface area contributed by atoms with Crippen LogP contribution < -0.4 is 5.32 Å². The molecule has 15 heavy (non-hydrogen) atoms. The molecule has 2 atom stereocenters. The zero-order valence-corrected chi connectivity index (χ0v) is 8.69. The standard InChI is InChI=1S/C10H16N4O/c15-9-5-1-4-8-12-13-10(14(8)9)7-3-2-6-11-7/h7,9,11,15H,1-6H2. The number of hydrogen-bond acceptors (Lipinski definition) is 4. The summed E-state index contributed by atoms with van der Waals surface area (Å²) >= 11 is 0. The van der Waals surface area contributed by atoms with Crippen LogP contribution in [0.3, 0.4) is 0 Å². The molecule has 0 aliphatic carbocycles. The number of nitrogens with zero attached hydrogens (tertiary/aromatic N) is 3. The highest BCUT2D eigenvalue weighted by molar-refractivity contribution is 5.06. The summed E-state index contributed by atoms with van der Waals surface area (Å²) in [6, 6.07) is 0.291. The molecule has 5 nitrogen and oxygen atoms in total. The van der Waals surface area contributed by atoms with Crippen molar-refractivity contribution in [1.29, 1.82) is 0 Å². The van der Waals surface area contributed by atoms with E-state index in [0.717, 1.165) is 43.9 Å². The van der Waals surface area contributed by atoms with Crippen molar-refractivity contribution in [3.63, 3.8) is 0 Å². The fourth-order valence-corrected chi connectivity index (χ4v) is 2.55. The van der Waals surface area contributed by atoms with E-state index < -0.39 is 6.23 Å². The Morgan fingerprint density at radius 1 is 1.27 bits per heavy atom. The minimum Gasteiger partial charge on any atom is -0.373 e. The van der Waals surface area contributed by atoms with Gasteiger partial charge < -0.3 is 10.4 Å². The van der Waals surface area contributed by atoms with E-state index >= 15 is 0 Å². The van der Waals surface area contributed by atoms with Gasteiger partial charge >= 0.3 is 0 Å². The Morgan fingerprint density at radius 3 is 3.00 bits per heavy atom. The van der Waals surface area contributed by atoms with Gasteiger partial charge in [-0.25, -0.2) is 0 Å². The normalized spacial score (nSPS) is 30.5. The minimum atomic E-state index is -0.416. The molecule has 5 heteroatoms. The lowest BCUT2D eigenvalue weighted by Gasteiger charge is -2.23. The molecule has 0 radical (unpaired) electrons. The summed E-state index contributed by atoms with van der Waals surface area (Å²) in [6.45, 7) is 1.04. The van der Waals surface area contributed by atoms with Crippen molar-refractivity contribution in [2.45, 2.75) is 44.4 Å². The van der Waals surface area contributed by atoms with Crippen LogP contribution in [0.25, 0.3) is 0 Å². The van der Waals surface area contributed by atoms with E-state index in [0.29, 0.717) is 6.04 Å². The van der Waals surface area contributed by atoms with Crippen molar-refractivity contribution in [2.75, 3.05) is 6.54 Å². The SMILES string of the molecule is OC1CCCc2nnc(C3CCCN3)n21. The van der Waals surface area contributed by atoms with E-state index in [-0.39, 0.29) is 0 Å². The predicted octanol–water partition coefficient (Wildman–Crippen LogP) is 0.530. The number of aryl methyl sites for hydroxylation is 1. The van der Waals surface area contributed by atoms with Gasteiger partial charge in [0.25, 0.3) is 0 Å². The number of aromatic nitrogens is 3. The Hall–Kier alpha value is -0.940. The molecule has 0 amide bonds. The zero-order valence-electron chi connectivity index (χ0n) is 8.69. The lowest BCUT2D eigenvalue weighted by molar-refractivity contribution is 0.0733. The lowest BCUT2D eigenvalue weighted by atomic mass is 10.1. The fraction of sp³-hybridized carbons (Fsp3) is 0.800. The first kappa shape index (κ1) is 9.30. The molecule has 3 heterocycles. The third kappa shape index (κ3) is 1.46. The van der Waals surface area contributed by atoms with Gasteiger partial charge in [-0.05, 0) is 32.2 Å². The largest absolute Gasteiger partial charge is 0.373 e. The zero-order chi connectivity index (χ0) is 10.3. The van der Waals surface area contributed by atoms with Crippen molar-refractivity contribution >= 4 is 0 Å². The van der Waals surface area contributed by atoms with E-state index in [9.17, 15) is 5.11 Å². The van der Waals surface area contributed by atoms with Crippen LogP contribution in [0.1, 0.15) is 49.6 Å². The molecule has 0 aromatic carbocycles. The third-order valence-electron chi connectivity index (χ3n) is 3.33. The number of aliphatic hydroxyl groups is 1. The van der Waals surface area contributed by atoms with E-state index in [1.807, 2.05) is 4.57 Å². The van der Waals surface area contributed by atoms with Crippen LogP contribution in [0, 0.1) is 0 Å². The summed E-state index contributed by atoms with van der Waals surface area (Å²) in [5.41, 5.74) is 0. The van der Waals surface area contributed by atoms with Crippen molar-refractivity contribution in [3.8, 4) is 0 Å². The molecule has 2 N–H and O–H groups in total. The maximum atomic E-state index is 9.95. The van der Waals surface area contributed by atoms with Gasteiger partial charge in [0.1, 0.15) is 12.1 Å². The molecular weight excluding hydrogens is 192 g/mol. The van der Waals surface area contributed by atoms with Gasteiger partial charge in [0.15, 0.2) is 5.82 Å². The Bertz CT molecular complexity index is 356. The molecule has 2 aliphatic heterocycles. The van der Waals surface area contributed by atoms with E-state index in [4.69, 9.17) is 0 Å². The Morgan fingerprint density at radius 2 is 2.20 bits per heavy atom. The van der Waals surface area contributed by atoms with Crippen LogP contribution in [0.5, 0.6) is 0 Å². The molecule has 0 spiro atoms. The van der Waals surface area contributed by atoms with Crippen LogP contribution in [0.4, 0.5) is 0 Å². The first-order valence-corrected chi connectivity index (χ1v) is 5.71. The molecule has 0 bridgehead atoms. The second-order valence-corrected chi connectivity index (χ2v) is 4.37. The molecule has 1 aromatic heterocycles. The Balaban J connectivity index is 1.97. The van der Waals surface area contributed by atoms with Gasteiger partial charge in [-0.1, -0.05) is 0 Å². The van der Waals surface area contributed by atoms with Crippen LogP contribution in [-0.2, 0) is 6.42 Å². The number of aliphatic hydroxyl groups excluding tert-OH is 1. The Kier molecular flexibility index (Phi) is 2.21. The molecule has 1 aromatic rings. The van der Waals surface area contributed by atoms with Crippen LogP contribution in [0.15, 0.2) is 0 Å². The second-order valence-electron chi connectivity index (χ2n) is 4.37. The third-order valence-corrected chi connectivity index (χ3v) is 3.33. The summed E-state index contributed by atoms with van der Waals surface area (Å²) in [4.78, 5) is 0. The predicted molar refractivity (Wildman–Crippen MR) is 54.2 cm³/mol. The van der Waals surface area contributed by atoms with Crippen molar-refractivity contribution in [1.82, 2.24) is 20.1 Å². The lowest BCUT2D eigenvalue weighted by Crippen LogP contribution is -2.24. The topological polar surface area (TPSA) is 63.0 Å². The highest BCUT2D eigenvalue weighted by Gasteiger charge is 2.28. The molecule has 2 unspecified atom stereocenters. The van der Waals surface area contributed by atoms with Gasteiger partial charge in [0.2, 0.25) is 0 Å². The summed E-state index contributed by atoms with van der Waals surface area (Å²) in [6.07, 6.45) is 4.65. The van der Waals surface area contributed by atoms with Gasteiger partial charge in [0.05, 0.1) is 6.04 Å². The summed E-state index contributed by atoms with van der Waals surface area (Å²) in [5.74, 6) is 1.87. The van der Waals surface area contributed by atoms with Crippen LogP contribution in [-0.4, -0.2) is 26.4 Å². The monoisotopic (exact) mass is 208 g/mol. The second kappa shape index (κ2) is 3.57. The number of fused-ring (bicyclic) bond motifs is 1. The number of rotatable bonds is 1. The van der Waals surface area contributed by atoms with Crippen LogP contribution in [0.2, 0.25) is 0 Å². The highest BCUT2D eigenvalue weighted by Crippen LogP contribution is 2.28. The van der Waals surface area contributed by atoms with Gasteiger partial charge in [-0.2, -0.15) is 0 Å². The highest BCUT2D eigenvalue weighted by atomic mass is 16.3. The average molecular weight is 208 g/mol. The smallest absolute Gasteiger partial charge is 0.152 e. The summed E-state index contributed by atoms with van der Waals surface area (Å²) in [5, 5.41) is 21.7. The van der Waals surface area contributed by atoms with Gasteiger partial charge in [-0.15, -0.1) is 10.2 Å². The molecule has 1 fully saturated rings. The van der Waals surface area contributed by atoms with Crippen LogP contribution >= 0.6 is 0 Å². The molecular formula is C10H16N4O. The molecule has 82 valence electrons. The Labute approximate surface area is 88.5 Å². The quantitative estimate of drug-likeness (QED) is 0.706. The summed E-state index contributed by atoms with van der Waals surface area (Å²) < 4.78 is 1.92. The number of nitrogens with one attached hydrogen (secondary N) is 1. The van der Waals surface area contributed by atoms with E-state index in [1.54, 1.807) is 0 Å². The maximum absolute atomic E-state index is 9.95. The van der Waals surface area contributed by atoms with Crippen molar-refractivity contribution in [3.05, 3.63) is 11.6 Å². The average Bonchev–Trinajstić information content (AvgIpc) is 2.85. The first-order chi connectivity index (χ1) is 7.36. The van der Waals surface area contributed by atoms with Crippen molar-refractivity contribution in [2.24, 2.45) is 0 Å². The number of hydrogen-bond donors (Lipinski definition) is 2. The minimum absolute atomic E-state index is 0.291. The fourth-order valence-electron chi connectivity index (χ4n) is 2.55. The maximum Gasteiger partial charge on any atom is 0.152 e. The van der Waals surface area contributed by atoms with Crippen molar-refractivity contribution < 1.29 is 5.11 Å². The van der Waals surface area contributed by atoms with Gasteiger partial charge in [-0.3, -0.25) is 4.57 Å². The molecule has 1 saturated heterocycles.